The maximum atomic E-state index is 12.6. The van der Waals surface area contributed by atoms with Crippen molar-refractivity contribution in [3.05, 3.63) is 65.2 Å². The van der Waals surface area contributed by atoms with Crippen LogP contribution in [-0.2, 0) is 16.6 Å². The first-order chi connectivity index (χ1) is 14.4. The summed E-state index contributed by atoms with van der Waals surface area (Å²) in [6.07, 6.45) is 2.70. The molecule has 7 nitrogen and oxygen atoms in total. The number of hydrogen-bond donors (Lipinski definition) is 1. The minimum Gasteiger partial charge on any atom is -0.348 e. The minimum atomic E-state index is -3.28. The molecule has 30 heavy (non-hydrogen) atoms. The molecule has 4 rings (SSSR count). The van der Waals surface area contributed by atoms with Gasteiger partial charge in [0.2, 0.25) is 10.0 Å². The zero-order valence-corrected chi connectivity index (χ0v) is 17.5. The summed E-state index contributed by atoms with van der Waals surface area (Å²) in [6.45, 7) is 2.39. The van der Waals surface area contributed by atoms with E-state index in [0.29, 0.717) is 36.3 Å². The summed E-state index contributed by atoms with van der Waals surface area (Å²) in [5.41, 5.74) is 2.48. The predicted molar refractivity (Wildman–Crippen MR) is 115 cm³/mol. The standard InChI is InChI=1S/C22H25N3O4S/c26-21(19-5-3-6-20(15-19)25-13-4-14-30(25,28)29)23-16-17-7-9-18(10-8-17)22(27)24-11-1-2-12-24/h3,5-10,15H,1-2,4,11-14,16H2,(H,23,26). The third kappa shape index (κ3) is 4.33. The van der Waals surface area contributed by atoms with Gasteiger partial charge in [0.05, 0.1) is 11.4 Å². The lowest BCUT2D eigenvalue weighted by Gasteiger charge is -2.17. The van der Waals surface area contributed by atoms with E-state index in [9.17, 15) is 18.0 Å². The molecule has 2 aromatic carbocycles. The zero-order chi connectivity index (χ0) is 21.1. The van der Waals surface area contributed by atoms with Gasteiger partial charge in [-0.15, -0.1) is 0 Å². The number of sulfonamides is 1. The van der Waals surface area contributed by atoms with Crippen molar-refractivity contribution in [2.75, 3.05) is 29.7 Å². The number of amides is 2. The molecule has 0 atom stereocenters. The Kier molecular flexibility index (Phi) is 5.76. The molecule has 8 heteroatoms. The molecule has 2 fully saturated rings. The van der Waals surface area contributed by atoms with Crippen LogP contribution in [0.4, 0.5) is 5.69 Å². The molecule has 0 spiro atoms. The quantitative estimate of drug-likeness (QED) is 0.794. The van der Waals surface area contributed by atoms with E-state index in [1.807, 2.05) is 17.0 Å². The van der Waals surface area contributed by atoms with Crippen molar-refractivity contribution in [3.63, 3.8) is 0 Å². The van der Waals surface area contributed by atoms with Crippen LogP contribution >= 0.6 is 0 Å². The van der Waals surface area contributed by atoms with E-state index in [1.54, 1.807) is 36.4 Å². The SMILES string of the molecule is O=C(NCc1ccc(C(=O)N2CCCC2)cc1)c1cccc(N2CCCS2(=O)=O)c1. The number of likely N-dealkylation sites (tertiary alicyclic amines) is 1. The number of rotatable bonds is 5. The van der Waals surface area contributed by atoms with E-state index in [-0.39, 0.29) is 17.6 Å². The van der Waals surface area contributed by atoms with Gasteiger partial charge in [0.25, 0.3) is 11.8 Å². The summed E-state index contributed by atoms with van der Waals surface area (Å²) >= 11 is 0. The Balaban J connectivity index is 1.38. The summed E-state index contributed by atoms with van der Waals surface area (Å²) in [6, 6.07) is 13.9. The fraction of sp³-hybridized carbons (Fsp3) is 0.364. The molecule has 0 aromatic heterocycles. The van der Waals surface area contributed by atoms with Gasteiger partial charge in [-0.25, -0.2) is 8.42 Å². The van der Waals surface area contributed by atoms with Gasteiger partial charge in [-0.3, -0.25) is 13.9 Å². The molecule has 2 aliphatic heterocycles. The molecule has 1 N–H and O–H groups in total. The van der Waals surface area contributed by atoms with Gasteiger partial charge >= 0.3 is 0 Å². The lowest BCUT2D eigenvalue weighted by molar-refractivity contribution is 0.0792. The normalized spacial score (nSPS) is 17.9. The van der Waals surface area contributed by atoms with Crippen molar-refractivity contribution >= 4 is 27.5 Å². The topological polar surface area (TPSA) is 86.8 Å². The Hall–Kier alpha value is -2.87. The molecule has 0 bridgehead atoms. The van der Waals surface area contributed by atoms with Gasteiger partial charge in [-0.2, -0.15) is 0 Å². The maximum Gasteiger partial charge on any atom is 0.253 e. The van der Waals surface area contributed by atoms with Gasteiger partial charge in [-0.05, 0) is 55.2 Å². The van der Waals surface area contributed by atoms with Gasteiger partial charge in [0.15, 0.2) is 0 Å². The van der Waals surface area contributed by atoms with Gasteiger partial charge in [0.1, 0.15) is 0 Å². The molecule has 0 saturated carbocycles. The number of benzene rings is 2. The third-order valence-corrected chi connectivity index (χ3v) is 7.41. The van der Waals surface area contributed by atoms with Gasteiger partial charge in [0, 0.05) is 37.3 Å². The van der Waals surface area contributed by atoms with Crippen LogP contribution in [0.15, 0.2) is 48.5 Å². The lowest BCUT2D eigenvalue weighted by atomic mass is 10.1. The first kappa shape index (κ1) is 20.4. The highest BCUT2D eigenvalue weighted by atomic mass is 32.2. The second-order valence-electron chi connectivity index (χ2n) is 7.67. The fourth-order valence-electron chi connectivity index (χ4n) is 3.88. The minimum absolute atomic E-state index is 0.0526. The maximum absolute atomic E-state index is 12.6. The first-order valence-corrected chi connectivity index (χ1v) is 11.8. The Morgan fingerprint density at radius 3 is 2.30 bits per heavy atom. The number of nitrogens with zero attached hydrogens (tertiary/aromatic N) is 2. The third-order valence-electron chi connectivity index (χ3n) is 5.54. The molecular formula is C22H25N3O4S. The monoisotopic (exact) mass is 427 g/mol. The van der Waals surface area contributed by atoms with Crippen LogP contribution in [0.1, 0.15) is 45.5 Å². The van der Waals surface area contributed by atoms with Gasteiger partial charge < -0.3 is 10.2 Å². The van der Waals surface area contributed by atoms with Crippen LogP contribution in [0.5, 0.6) is 0 Å². The highest BCUT2D eigenvalue weighted by Gasteiger charge is 2.28. The van der Waals surface area contributed by atoms with E-state index in [0.717, 1.165) is 31.5 Å². The average Bonchev–Trinajstić information content (AvgIpc) is 3.41. The predicted octanol–water partition coefficient (Wildman–Crippen LogP) is 2.39. The van der Waals surface area contributed by atoms with Gasteiger partial charge in [-0.1, -0.05) is 18.2 Å². The molecule has 0 unspecified atom stereocenters. The number of carbonyl (C=O) groups excluding carboxylic acids is 2. The van der Waals surface area contributed by atoms with Crippen molar-refractivity contribution in [1.29, 1.82) is 0 Å². The zero-order valence-electron chi connectivity index (χ0n) is 16.7. The number of hydrogen-bond acceptors (Lipinski definition) is 4. The van der Waals surface area contributed by atoms with Crippen LogP contribution < -0.4 is 9.62 Å². The Morgan fingerprint density at radius 1 is 0.900 bits per heavy atom. The van der Waals surface area contributed by atoms with E-state index in [1.165, 1.54) is 4.31 Å². The van der Waals surface area contributed by atoms with Crippen LogP contribution in [0.25, 0.3) is 0 Å². The second kappa shape index (κ2) is 8.47. The molecular weight excluding hydrogens is 402 g/mol. The summed E-state index contributed by atoms with van der Waals surface area (Å²) in [4.78, 5) is 26.8. The molecule has 158 valence electrons. The van der Waals surface area contributed by atoms with E-state index < -0.39 is 10.0 Å². The first-order valence-electron chi connectivity index (χ1n) is 10.2. The van der Waals surface area contributed by atoms with Crippen molar-refractivity contribution in [3.8, 4) is 0 Å². The molecule has 2 aromatic rings. The molecule has 0 aliphatic carbocycles. The number of anilines is 1. The average molecular weight is 428 g/mol. The highest BCUT2D eigenvalue weighted by Crippen LogP contribution is 2.24. The lowest BCUT2D eigenvalue weighted by Crippen LogP contribution is -2.27. The summed E-state index contributed by atoms with van der Waals surface area (Å²) in [5, 5.41) is 2.86. The van der Waals surface area contributed by atoms with Crippen LogP contribution in [-0.4, -0.2) is 50.5 Å². The smallest absolute Gasteiger partial charge is 0.253 e. The molecule has 2 heterocycles. The summed E-state index contributed by atoms with van der Waals surface area (Å²) in [5.74, 6) is -0.0814. The van der Waals surface area contributed by atoms with Crippen LogP contribution in [0.2, 0.25) is 0 Å². The number of nitrogens with one attached hydrogen (secondary N) is 1. The van der Waals surface area contributed by atoms with E-state index in [2.05, 4.69) is 5.32 Å². The van der Waals surface area contributed by atoms with Crippen LogP contribution in [0, 0.1) is 0 Å². The van der Waals surface area contributed by atoms with Crippen molar-refractivity contribution in [2.24, 2.45) is 0 Å². The van der Waals surface area contributed by atoms with Crippen molar-refractivity contribution in [2.45, 2.75) is 25.8 Å². The second-order valence-corrected chi connectivity index (χ2v) is 9.68. The Labute approximate surface area is 176 Å². The summed E-state index contributed by atoms with van der Waals surface area (Å²) < 4.78 is 25.6. The largest absolute Gasteiger partial charge is 0.348 e. The summed E-state index contributed by atoms with van der Waals surface area (Å²) in [7, 11) is -3.28. The molecule has 2 aliphatic rings. The molecule has 0 radical (unpaired) electrons. The Bertz CT molecular complexity index is 1040. The molecule has 2 saturated heterocycles. The van der Waals surface area contributed by atoms with Crippen molar-refractivity contribution in [1.82, 2.24) is 10.2 Å². The fourth-order valence-corrected chi connectivity index (χ4v) is 5.44. The number of carbonyl (C=O) groups is 2. The highest BCUT2D eigenvalue weighted by molar-refractivity contribution is 7.93. The van der Waals surface area contributed by atoms with Crippen molar-refractivity contribution < 1.29 is 18.0 Å². The molecule has 2 amide bonds. The van der Waals surface area contributed by atoms with E-state index >= 15 is 0 Å². The van der Waals surface area contributed by atoms with E-state index in [4.69, 9.17) is 0 Å². The Morgan fingerprint density at radius 2 is 1.63 bits per heavy atom. The van der Waals surface area contributed by atoms with Crippen LogP contribution in [0.3, 0.4) is 0 Å².